The summed E-state index contributed by atoms with van der Waals surface area (Å²) in [4.78, 5) is 25.6. The first-order valence-electron chi connectivity index (χ1n) is 7.73. The normalized spacial score (nSPS) is 15.7. The van der Waals surface area contributed by atoms with Crippen LogP contribution in [0.4, 0.5) is 0 Å². The maximum absolute atomic E-state index is 12.9. The first-order valence-corrected chi connectivity index (χ1v) is 8.61. The van der Waals surface area contributed by atoms with E-state index in [2.05, 4.69) is 0 Å². The summed E-state index contributed by atoms with van der Waals surface area (Å²) in [6.45, 7) is 1.47. The first-order chi connectivity index (χ1) is 11.1. The number of benzene rings is 1. The predicted octanol–water partition coefficient (Wildman–Crippen LogP) is 3.00. The van der Waals surface area contributed by atoms with Crippen molar-refractivity contribution in [2.24, 2.45) is 0 Å². The van der Waals surface area contributed by atoms with Crippen LogP contribution in [0.15, 0.2) is 29.6 Å². The van der Waals surface area contributed by atoms with Gasteiger partial charge >= 0.3 is 5.97 Å². The topological polar surface area (TPSA) is 66.8 Å². The molecule has 0 aliphatic carbocycles. The number of thiophene rings is 1. The van der Waals surface area contributed by atoms with E-state index in [1.807, 2.05) is 29.6 Å². The fourth-order valence-corrected chi connectivity index (χ4v) is 3.70. The van der Waals surface area contributed by atoms with E-state index in [9.17, 15) is 9.59 Å². The van der Waals surface area contributed by atoms with E-state index in [-0.39, 0.29) is 24.9 Å². The second-order valence-corrected chi connectivity index (χ2v) is 6.61. The van der Waals surface area contributed by atoms with Gasteiger partial charge in [-0.15, -0.1) is 11.3 Å². The lowest BCUT2D eigenvalue weighted by Crippen LogP contribution is -2.44. The fourth-order valence-electron chi connectivity index (χ4n) is 2.93. The van der Waals surface area contributed by atoms with Crippen LogP contribution >= 0.6 is 11.3 Å². The predicted molar refractivity (Wildman–Crippen MR) is 89.0 cm³/mol. The number of fused-ring (bicyclic) bond motifs is 1. The molecule has 1 aromatic carbocycles. The van der Waals surface area contributed by atoms with Crippen LogP contribution in [0, 0.1) is 0 Å². The molecular formula is C17H19NO4S. The molecule has 1 fully saturated rings. The summed E-state index contributed by atoms with van der Waals surface area (Å²) >= 11 is 1.64. The van der Waals surface area contributed by atoms with E-state index < -0.39 is 5.97 Å². The highest BCUT2D eigenvalue weighted by Gasteiger charge is 2.27. The summed E-state index contributed by atoms with van der Waals surface area (Å²) < 4.78 is 6.50. The van der Waals surface area contributed by atoms with Crippen molar-refractivity contribution in [1.82, 2.24) is 4.90 Å². The van der Waals surface area contributed by atoms with Crippen LogP contribution in [0.5, 0.6) is 0 Å². The SMILES string of the molecule is O=C(O)CCN(C(=O)c1ccc2sccc2c1)C1CCOCC1. The molecule has 6 heteroatoms. The minimum atomic E-state index is -0.886. The van der Waals surface area contributed by atoms with Gasteiger partial charge in [-0.05, 0) is 47.9 Å². The highest BCUT2D eigenvalue weighted by atomic mass is 32.1. The molecule has 0 atom stereocenters. The van der Waals surface area contributed by atoms with Crippen LogP contribution in [0.2, 0.25) is 0 Å². The van der Waals surface area contributed by atoms with E-state index in [1.54, 1.807) is 16.2 Å². The van der Waals surface area contributed by atoms with Gasteiger partial charge in [0.1, 0.15) is 0 Å². The molecule has 23 heavy (non-hydrogen) atoms. The van der Waals surface area contributed by atoms with Crippen molar-refractivity contribution >= 4 is 33.3 Å². The van der Waals surface area contributed by atoms with Crippen LogP contribution < -0.4 is 0 Å². The van der Waals surface area contributed by atoms with Crippen LogP contribution in [-0.4, -0.2) is 47.7 Å². The third-order valence-electron chi connectivity index (χ3n) is 4.16. The van der Waals surface area contributed by atoms with Crippen molar-refractivity contribution < 1.29 is 19.4 Å². The summed E-state index contributed by atoms with van der Waals surface area (Å²) in [6, 6.07) is 7.71. The molecule has 1 aromatic heterocycles. The maximum Gasteiger partial charge on any atom is 0.305 e. The summed E-state index contributed by atoms with van der Waals surface area (Å²) in [5, 5.41) is 12.0. The number of amides is 1. The third kappa shape index (κ3) is 3.71. The number of hydrogen-bond donors (Lipinski definition) is 1. The number of aliphatic carboxylic acids is 1. The molecular weight excluding hydrogens is 314 g/mol. The number of nitrogens with zero attached hydrogens (tertiary/aromatic N) is 1. The lowest BCUT2D eigenvalue weighted by Gasteiger charge is -2.34. The summed E-state index contributed by atoms with van der Waals surface area (Å²) in [6.07, 6.45) is 1.47. The van der Waals surface area contributed by atoms with Gasteiger partial charge in [0.15, 0.2) is 0 Å². The number of hydrogen-bond acceptors (Lipinski definition) is 4. The minimum absolute atomic E-state index is 0.0379. The Morgan fingerprint density at radius 1 is 1.26 bits per heavy atom. The molecule has 1 N–H and O–H groups in total. The number of carbonyl (C=O) groups excluding carboxylic acids is 1. The van der Waals surface area contributed by atoms with Gasteiger partial charge in [0.25, 0.3) is 5.91 Å². The third-order valence-corrected chi connectivity index (χ3v) is 5.06. The molecule has 1 amide bonds. The van der Waals surface area contributed by atoms with Gasteiger partial charge in [-0.3, -0.25) is 9.59 Å². The monoisotopic (exact) mass is 333 g/mol. The fraction of sp³-hybridized carbons (Fsp3) is 0.412. The summed E-state index contributed by atoms with van der Waals surface area (Å²) in [5.41, 5.74) is 0.618. The Labute approximate surface area is 138 Å². The lowest BCUT2D eigenvalue weighted by molar-refractivity contribution is -0.137. The smallest absolute Gasteiger partial charge is 0.305 e. The second-order valence-electron chi connectivity index (χ2n) is 5.66. The van der Waals surface area contributed by atoms with Gasteiger partial charge in [0.2, 0.25) is 0 Å². The zero-order chi connectivity index (χ0) is 16.2. The van der Waals surface area contributed by atoms with E-state index in [0.29, 0.717) is 18.8 Å². The van der Waals surface area contributed by atoms with E-state index >= 15 is 0 Å². The quantitative estimate of drug-likeness (QED) is 0.913. The highest BCUT2D eigenvalue weighted by Crippen LogP contribution is 2.24. The number of carboxylic acid groups (broad SMARTS) is 1. The number of ether oxygens (including phenoxy) is 1. The average molecular weight is 333 g/mol. The van der Waals surface area contributed by atoms with Crippen LogP contribution in [0.3, 0.4) is 0 Å². The Hall–Kier alpha value is -1.92. The van der Waals surface area contributed by atoms with Gasteiger partial charge in [-0.2, -0.15) is 0 Å². The minimum Gasteiger partial charge on any atom is -0.481 e. The van der Waals surface area contributed by atoms with E-state index in [4.69, 9.17) is 9.84 Å². The molecule has 0 unspecified atom stereocenters. The summed E-state index contributed by atoms with van der Waals surface area (Å²) in [5.74, 6) is -0.977. The number of carboxylic acids is 1. The van der Waals surface area contributed by atoms with Crippen molar-refractivity contribution in [3.63, 3.8) is 0 Å². The first kappa shape index (κ1) is 16.0. The van der Waals surface area contributed by atoms with Gasteiger partial charge in [-0.25, -0.2) is 0 Å². The van der Waals surface area contributed by atoms with Gasteiger partial charge in [0, 0.05) is 36.1 Å². The zero-order valence-electron chi connectivity index (χ0n) is 12.7. The van der Waals surface area contributed by atoms with Gasteiger partial charge in [-0.1, -0.05) is 0 Å². The molecule has 0 spiro atoms. The average Bonchev–Trinajstić information content (AvgIpc) is 3.03. The molecule has 0 saturated carbocycles. The van der Waals surface area contributed by atoms with Crippen LogP contribution in [-0.2, 0) is 9.53 Å². The van der Waals surface area contributed by atoms with E-state index in [0.717, 1.165) is 22.9 Å². The van der Waals surface area contributed by atoms with Crippen molar-refractivity contribution in [1.29, 1.82) is 0 Å². The van der Waals surface area contributed by atoms with Crippen molar-refractivity contribution in [3.8, 4) is 0 Å². The molecule has 3 rings (SSSR count). The molecule has 1 aliphatic rings. The Bertz CT molecular complexity index is 705. The molecule has 0 radical (unpaired) electrons. The molecule has 2 aromatic rings. The maximum atomic E-state index is 12.9. The largest absolute Gasteiger partial charge is 0.481 e. The van der Waals surface area contributed by atoms with Gasteiger partial charge in [0.05, 0.1) is 6.42 Å². The standard InChI is InChI=1S/C17H19NO4S/c19-16(20)3-7-18(14-4-8-22-9-5-14)17(21)13-1-2-15-12(11-13)6-10-23-15/h1-2,6,10-11,14H,3-5,7-9H2,(H,19,20). The molecule has 2 heterocycles. The Morgan fingerprint density at radius 2 is 2.04 bits per heavy atom. The van der Waals surface area contributed by atoms with E-state index in [1.165, 1.54) is 0 Å². The van der Waals surface area contributed by atoms with Crippen LogP contribution in [0.25, 0.3) is 10.1 Å². The molecule has 0 bridgehead atoms. The highest BCUT2D eigenvalue weighted by molar-refractivity contribution is 7.17. The lowest BCUT2D eigenvalue weighted by atomic mass is 10.0. The Kier molecular flexibility index (Phi) is 4.93. The van der Waals surface area contributed by atoms with Crippen LogP contribution in [0.1, 0.15) is 29.6 Å². The molecule has 122 valence electrons. The van der Waals surface area contributed by atoms with Crippen molar-refractivity contribution in [2.45, 2.75) is 25.3 Å². The Balaban J connectivity index is 1.83. The van der Waals surface area contributed by atoms with Gasteiger partial charge < -0.3 is 14.7 Å². The zero-order valence-corrected chi connectivity index (χ0v) is 13.6. The van der Waals surface area contributed by atoms with Crippen molar-refractivity contribution in [3.05, 3.63) is 35.2 Å². The molecule has 1 saturated heterocycles. The number of carbonyl (C=O) groups is 2. The van der Waals surface area contributed by atoms with Crippen molar-refractivity contribution in [2.75, 3.05) is 19.8 Å². The molecule has 1 aliphatic heterocycles. The summed E-state index contributed by atoms with van der Waals surface area (Å²) in [7, 11) is 0. The molecule has 5 nitrogen and oxygen atoms in total. The Morgan fingerprint density at radius 3 is 2.78 bits per heavy atom. The number of rotatable bonds is 5. The second kappa shape index (κ2) is 7.10.